The monoisotopic (exact) mass is 317 g/mol. The summed E-state index contributed by atoms with van der Waals surface area (Å²) in [5.74, 6) is 0.178. The lowest BCUT2D eigenvalue weighted by atomic mass is 10.1. The third kappa shape index (κ3) is 5.50. The molecule has 0 saturated heterocycles. The van der Waals surface area contributed by atoms with E-state index in [1.54, 1.807) is 19.1 Å². The van der Waals surface area contributed by atoms with Crippen LogP contribution in [0.4, 0.5) is 8.78 Å². The second kappa shape index (κ2) is 8.35. The number of hydrogen-bond donors (Lipinski definition) is 2. The maximum atomic E-state index is 12.2. The predicted octanol–water partition coefficient (Wildman–Crippen LogP) is 2.50. The molecule has 0 heterocycles. The summed E-state index contributed by atoms with van der Waals surface area (Å²) < 4.78 is 33.9. The molecule has 0 aliphatic rings. The van der Waals surface area contributed by atoms with Gasteiger partial charge < -0.3 is 14.8 Å². The van der Waals surface area contributed by atoms with Crippen LogP contribution in [-0.2, 0) is 0 Å². The van der Waals surface area contributed by atoms with Gasteiger partial charge in [0.05, 0.1) is 12.8 Å². The Balaban J connectivity index is 2.88. The normalized spacial score (nSPS) is 11.2. The van der Waals surface area contributed by atoms with Gasteiger partial charge in [-0.3, -0.25) is 5.43 Å². The average Bonchev–Trinajstić information content (AvgIpc) is 2.45. The van der Waals surface area contributed by atoms with Crippen molar-refractivity contribution in [3.8, 4) is 11.5 Å². The Bertz CT molecular complexity index is 524. The van der Waals surface area contributed by atoms with Crippen LogP contribution in [0.1, 0.15) is 19.4 Å². The first-order valence-electron chi connectivity index (χ1n) is 6.19. The fourth-order valence-corrected chi connectivity index (χ4v) is 1.68. The summed E-state index contributed by atoms with van der Waals surface area (Å²) in [4.78, 5) is 0. The molecule has 1 aromatic rings. The number of benzene rings is 1. The van der Waals surface area contributed by atoms with Gasteiger partial charge >= 0.3 is 6.61 Å². The topological polar surface area (TPSA) is 54.9 Å². The van der Waals surface area contributed by atoms with Crippen LogP contribution < -0.4 is 20.2 Å². The van der Waals surface area contributed by atoms with E-state index >= 15 is 0 Å². The Kier molecular flexibility index (Phi) is 6.80. The van der Waals surface area contributed by atoms with Crippen LogP contribution in [0.3, 0.4) is 0 Å². The Morgan fingerprint density at radius 2 is 2.10 bits per heavy atom. The van der Waals surface area contributed by atoms with Crippen molar-refractivity contribution in [1.29, 1.82) is 0 Å². The van der Waals surface area contributed by atoms with Crippen molar-refractivity contribution in [3.63, 3.8) is 0 Å². The quantitative estimate of drug-likeness (QED) is 0.480. The minimum absolute atomic E-state index is 0.0276. The molecule has 116 valence electrons. The molecule has 0 aliphatic heterocycles. The number of nitrogens with zero attached hydrogens (tertiary/aromatic N) is 1. The van der Waals surface area contributed by atoms with Gasteiger partial charge in [0.1, 0.15) is 0 Å². The minimum atomic E-state index is -2.90. The molecule has 0 saturated carbocycles. The van der Waals surface area contributed by atoms with Crippen LogP contribution in [-0.4, -0.2) is 31.1 Å². The molecule has 0 fully saturated rings. The van der Waals surface area contributed by atoms with Crippen molar-refractivity contribution >= 4 is 23.0 Å². The molecule has 0 bridgehead atoms. The van der Waals surface area contributed by atoms with E-state index in [0.717, 1.165) is 0 Å². The van der Waals surface area contributed by atoms with Crippen molar-refractivity contribution in [2.75, 3.05) is 13.7 Å². The molecule has 21 heavy (non-hydrogen) atoms. The fraction of sp³-hybridized carbons (Fsp3) is 0.385. The van der Waals surface area contributed by atoms with Crippen LogP contribution in [0, 0.1) is 0 Å². The van der Waals surface area contributed by atoms with E-state index in [1.165, 1.54) is 13.2 Å². The lowest BCUT2D eigenvalue weighted by molar-refractivity contribution is -0.0512. The Hall–Kier alpha value is -1.96. The van der Waals surface area contributed by atoms with Gasteiger partial charge in [0.15, 0.2) is 16.6 Å². The van der Waals surface area contributed by atoms with E-state index in [4.69, 9.17) is 17.0 Å². The molecule has 0 spiro atoms. The molecular formula is C13H17F2N3O2S. The lowest BCUT2D eigenvalue weighted by Gasteiger charge is -2.11. The molecule has 1 aromatic carbocycles. The van der Waals surface area contributed by atoms with Gasteiger partial charge in [0.25, 0.3) is 0 Å². The van der Waals surface area contributed by atoms with Crippen molar-refractivity contribution in [1.82, 2.24) is 10.7 Å². The summed E-state index contributed by atoms with van der Waals surface area (Å²) in [6, 6.07) is 4.58. The molecule has 0 unspecified atom stereocenters. The molecule has 0 aromatic heterocycles. The van der Waals surface area contributed by atoms with Crippen molar-refractivity contribution in [2.45, 2.75) is 20.5 Å². The number of hydrazone groups is 1. The third-order valence-electron chi connectivity index (χ3n) is 2.46. The first-order chi connectivity index (χ1) is 9.97. The SMILES string of the molecule is CCNC(=S)N/N=C(/C)c1ccc(OC(F)F)c(OC)c1. The first kappa shape index (κ1) is 17.1. The minimum Gasteiger partial charge on any atom is -0.493 e. The number of rotatable bonds is 6. The van der Waals surface area contributed by atoms with Crippen LogP contribution in [0.2, 0.25) is 0 Å². The largest absolute Gasteiger partial charge is 0.493 e. The summed E-state index contributed by atoms with van der Waals surface area (Å²) >= 11 is 4.98. The molecule has 0 radical (unpaired) electrons. The maximum absolute atomic E-state index is 12.2. The van der Waals surface area contributed by atoms with Gasteiger partial charge in [0.2, 0.25) is 0 Å². The molecule has 8 heteroatoms. The Morgan fingerprint density at radius 1 is 1.38 bits per heavy atom. The van der Waals surface area contributed by atoms with Crippen LogP contribution >= 0.6 is 12.2 Å². The van der Waals surface area contributed by atoms with E-state index in [1.807, 2.05) is 6.92 Å². The summed E-state index contributed by atoms with van der Waals surface area (Å²) in [6.45, 7) is 1.45. The molecular weight excluding hydrogens is 300 g/mol. The van der Waals surface area contributed by atoms with Crippen LogP contribution in [0.25, 0.3) is 0 Å². The third-order valence-corrected chi connectivity index (χ3v) is 2.70. The summed E-state index contributed by atoms with van der Waals surface area (Å²) in [6.07, 6.45) is 0. The van der Waals surface area contributed by atoms with Gasteiger partial charge in [0, 0.05) is 12.1 Å². The van der Waals surface area contributed by atoms with E-state index in [2.05, 4.69) is 20.6 Å². The molecule has 0 aliphatic carbocycles. The highest BCUT2D eigenvalue weighted by Gasteiger charge is 2.12. The van der Waals surface area contributed by atoms with Gasteiger partial charge in [-0.1, -0.05) is 0 Å². The maximum Gasteiger partial charge on any atom is 0.387 e. The van der Waals surface area contributed by atoms with E-state index < -0.39 is 6.61 Å². The highest BCUT2D eigenvalue weighted by Crippen LogP contribution is 2.29. The molecule has 0 atom stereocenters. The standard InChI is InChI=1S/C13H17F2N3O2S/c1-4-16-13(21)18-17-8(2)9-5-6-10(20-12(14)15)11(7-9)19-3/h5-7,12H,4H2,1-3H3,(H2,16,18,21)/b17-8-. The number of thiocarbonyl (C=S) groups is 1. The first-order valence-corrected chi connectivity index (χ1v) is 6.60. The Labute approximate surface area is 127 Å². The average molecular weight is 317 g/mol. The van der Waals surface area contributed by atoms with E-state index in [9.17, 15) is 8.78 Å². The van der Waals surface area contributed by atoms with E-state index in [0.29, 0.717) is 22.9 Å². The number of alkyl halides is 2. The Morgan fingerprint density at radius 3 is 2.67 bits per heavy atom. The van der Waals surface area contributed by atoms with E-state index in [-0.39, 0.29) is 11.5 Å². The van der Waals surface area contributed by atoms with Crippen molar-refractivity contribution in [2.24, 2.45) is 5.10 Å². The predicted molar refractivity (Wildman–Crippen MR) is 81.2 cm³/mol. The zero-order chi connectivity index (χ0) is 15.8. The number of hydrogen-bond acceptors (Lipinski definition) is 4. The molecule has 1 rings (SSSR count). The number of methoxy groups -OCH3 is 1. The highest BCUT2D eigenvalue weighted by molar-refractivity contribution is 7.80. The molecule has 2 N–H and O–H groups in total. The number of ether oxygens (including phenoxy) is 2. The highest BCUT2D eigenvalue weighted by atomic mass is 32.1. The summed E-state index contributed by atoms with van der Waals surface area (Å²) in [7, 11) is 1.38. The van der Waals surface area contributed by atoms with Gasteiger partial charge in [-0.25, -0.2) is 0 Å². The summed E-state index contributed by atoms with van der Waals surface area (Å²) in [5, 5.41) is 7.39. The van der Waals surface area contributed by atoms with Gasteiger partial charge in [-0.2, -0.15) is 13.9 Å². The number of nitrogens with one attached hydrogen (secondary N) is 2. The van der Waals surface area contributed by atoms with Gasteiger partial charge in [-0.05, 0) is 44.3 Å². The zero-order valence-corrected chi connectivity index (χ0v) is 12.8. The van der Waals surface area contributed by atoms with Crippen molar-refractivity contribution < 1.29 is 18.3 Å². The number of halogens is 2. The molecule has 0 amide bonds. The van der Waals surface area contributed by atoms with Crippen LogP contribution in [0.5, 0.6) is 11.5 Å². The fourth-order valence-electron chi connectivity index (χ4n) is 1.49. The summed E-state index contributed by atoms with van der Waals surface area (Å²) in [5.41, 5.74) is 4.00. The lowest BCUT2D eigenvalue weighted by Crippen LogP contribution is -2.32. The second-order valence-corrected chi connectivity index (χ2v) is 4.32. The second-order valence-electron chi connectivity index (χ2n) is 3.91. The van der Waals surface area contributed by atoms with Crippen molar-refractivity contribution in [3.05, 3.63) is 23.8 Å². The molecule has 5 nitrogen and oxygen atoms in total. The zero-order valence-electron chi connectivity index (χ0n) is 11.9. The van der Waals surface area contributed by atoms with Gasteiger partial charge in [-0.15, -0.1) is 0 Å². The van der Waals surface area contributed by atoms with Crippen LogP contribution in [0.15, 0.2) is 23.3 Å². The smallest absolute Gasteiger partial charge is 0.387 e.